The largest absolute Gasteiger partial charge is 0.478 e. The normalized spacial score (nSPS) is 20.4. The highest BCUT2D eigenvalue weighted by Crippen LogP contribution is 2.37. The fourth-order valence-electron chi connectivity index (χ4n) is 3.67. The van der Waals surface area contributed by atoms with Crippen molar-refractivity contribution in [1.82, 2.24) is 0 Å². The van der Waals surface area contributed by atoms with E-state index in [0.29, 0.717) is 11.1 Å². The maximum atomic E-state index is 11.6. The lowest BCUT2D eigenvalue weighted by atomic mass is 9.95. The lowest BCUT2D eigenvalue weighted by molar-refractivity contribution is 0.0695. The third kappa shape index (κ3) is 1.86. The molecule has 1 atom stereocenters. The molecule has 0 bridgehead atoms. The molecule has 0 amide bonds. The van der Waals surface area contributed by atoms with Crippen LogP contribution < -0.4 is 15.3 Å². The van der Waals surface area contributed by atoms with Crippen LogP contribution in [0.2, 0.25) is 0 Å². The number of rotatable bonds is 1. The number of aromatic carboxylic acids is 1. The smallest absolute Gasteiger partial charge is 0.336 e. The van der Waals surface area contributed by atoms with E-state index in [-0.39, 0.29) is 0 Å². The number of hydrogen-bond donors (Lipinski definition) is 1. The highest BCUT2D eigenvalue weighted by atomic mass is 16.5. The number of fused-ring (bicyclic) bond motifs is 2. The molecule has 4 rings (SSSR count). The highest BCUT2D eigenvalue weighted by Gasteiger charge is 2.38. The Labute approximate surface area is 139 Å². The second-order valence-electron chi connectivity index (χ2n) is 6.30. The summed E-state index contributed by atoms with van der Waals surface area (Å²) in [7, 11) is 0. The first-order valence-electron chi connectivity index (χ1n) is 7.85. The fourth-order valence-corrected chi connectivity index (χ4v) is 3.67. The summed E-state index contributed by atoms with van der Waals surface area (Å²) >= 11 is 0. The van der Waals surface area contributed by atoms with Gasteiger partial charge in [0.05, 0.1) is 10.9 Å². The van der Waals surface area contributed by atoms with Gasteiger partial charge in [-0.05, 0) is 56.2 Å². The van der Waals surface area contributed by atoms with Gasteiger partial charge in [-0.3, -0.25) is 0 Å². The molecule has 4 heteroatoms. The number of aryl methyl sites for hydroxylation is 1. The Morgan fingerprint density at radius 3 is 2.71 bits per heavy atom. The lowest BCUT2D eigenvalue weighted by Gasteiger charge is -2.30. The van der Waals surface area contributed by atoms with Gasteiger partial charge in [-0.15, -0.1) is 0 Å². The average molecular weight is 319 g/mol. The summed E-state index contributed by atoms with van der Waals surface area (Å²) in [5.74, 6) is -0.129. The molecule has 2 aliphatic heterocycles. The van der Waals surface area contributed by atoms with E-state index in [4.69, 9.17) is 9.73 Å². The second kappa shape index (κ2) is 4.81. The number of nitrogens with zero attached hydrogens (tertiary/aromatic N) is 1. The lowest BCUT2D eigenvalue weighted by Crippen LogP contribution is -2.34. The van der Waals surface area contributed by atoms with E-state index >= 15 is 0 Å². The molecule has 24 heavy (non-hydrogen) atoms. The van der Waals surface area contributed by atoms with Crippen molar-refractivity contribution in [2.75, 3.05) is 0 Å². The van der Waals surface area contributed by atoms with Crippen LogP contribution in [0.4, 0.5) is 0 Å². The molecule has 1 N–H and O–H groups in total. The molecule has 4 nitrogen and oxygen atoms in total. The fraction of sp³-hybridized carbons (Fsp3) is 0.200. The van der Waals surface area contributed by atoms with Crippen LogP contribution in [0, 0.1) is 13.8 Å². The van der Waals surface area contributed by atoms with Crippen LogP contribution in [0.1, 0.15) is 34.0 Å². The minimum atomic E-state index is -0.910. The predicted octanol–water partition coefficient (Wildman–Crippen LogP) is 2.61. The third-order valence-electron chi connectivity index (χ3n) is 4.84. The van der Waals surface area contributed by atoms with E-state index in [9.17, 15) is 9.90 Å². The van der Waals surface area contributed by atoms with Crippen LogP contribution in [-0.2, 0) is 0 Å². The number of hydrogen-bond acceptors (Lipinski definition) is 3. The van der Waals surface area contributed by atoms with Crippen molar-refractivity contribution in [3.63, 3.8) is 0 Å². The van der Waals surface area contributed by atoms with E-state index in [1.54, 1.807) is 6.92 Å². The molecular weight excluding hydrogens is 302 g/mol. The third-order valence-corrected chi connectivity index (χ3v) is 4.84. The Morgan fingerprint density at radius 2 is 1.96 bits per heavy atom. The molecule has 2 heterocycles. The summed E-state index contributed by atoms with van der Waals surface area (Å²) in [6, 6.07) is 9.65. The van der Waals surface area contributed by atoms with Gasteiger partial charge < -0.3 is 9.84 Å². The minimum Gasteiger partial charge on any atom is -0.478 e. The molecular formula is C20H17NO3. The van der Waals surface area contributed by atoms with Crippen LogP contribution in [0.5, 0.6) is 5.75 Å². The SMILES string of the molecule is CC1=c2c(C)c(C(=O)O)c(C)cc2=NC12C=Cc1ccccc1O2. The molecule has 0 saturated heterocycles. The van der Waals surface area contributed by atoms with E-state index in [0.717, 1.165) is 33.0 Å². The zero-order valence-corrected chi connectivity index (χ0v) is 13.8. The van der Waals surface area contributed by atoms with E-state index in [1.807, 2.05) is 56.3 Å². The Morgan fingerprint density at radius 1 is 1.21 bits per heavy atom. The molecule has 2 aliphatic rings. The number of carboxylic acid groups (broad SMARTS) is 1. The van der Waals surface area contributed by atoms with Crippen LogP contribution >= 0.6 is 0 Å². The monoisotopic (exact) mass is 319 g/mol. The number of carbonyl (C=O) groups is 1. The molecule has 1 spiro atoms. The van der Waals surface area contributed by atoms with Gasteiger partial charge >= 0.3 is 5.97 Å². The van der Waals surface area contributed by atoms with Gasteiger partial charge in [0.25, 0.3) is 0 Å². The van der Waals surface area contributed by atoms with E-state index < -0.39 is 11.7 Å². The molecule has 2 aromatic rings. The van der Waals surface area contributed by atoms with Crippen molar-refractivity contribution < 1.29 is 14.6 Å². The minimum absolute atomic E-state index is 0.348. The quantitative estimate of drug-likeness (QED) is 0.879. The summed E-state index contributed by atoms with van der Waals surface area (Å²) in [4.78, 5) is 16.4. The first-order chi connectivity index (χ1) is 11.4. The Kier molecular flexibility index (Phi) is 2.94. The van der Waals surface area contributed by atoms with Crippen LogP contribution in [-0.4, -0.2) is 16.8 Å². The molecule has 0 fully saturated rings. The molecule has 0 aliphatic carbocycles. The van der Waals surface area contributed by atoms with Gasteiger partial charge in [0, 0.05) is 16.4 Å². The van der Waals surface area contributed by atoms with Crippen molar-refractivity contribution >= 4 is 17.6 Å². The van der Waals surface area contributed by atoms with Crippen LogP contribution in [0.15, 0.2) is 41.4 Å². The van der Waals surface area contributed by atoms with Crippen molar-refractivity contribution in [2.24, 2.45) is 4.99 Å². The van der Waals surface area contributed by atoms with Gasteiger partial charge in [0.2, 0.25) is 5.72 Å². The van der Waals surface area contributed by atoms with Gasteiger partial charge in [-0.2, -0.15) is 0 Å². The van der Waals surface area contributed by atoms with E-state index in [2.05, 4.69) is 0 Å². The average Bonchev–Trinajstić information content (AvgIpc) is 2.79. The topological polar surface area (TPSA) is 58.9 Å². The first-order valence-corrected chi connectivity index (χ1v) is 7.85. The van der Waals surface area contributed by atoms with Crippen molar-refractivity contribution in [3.8, 4) is 5.75 Å². The summed E-state index contributed by atoms with van der Waals surface area (Å²) in [5, 5.41) is 11.2. The zero-order chi connectivity index (χ0) is 17.1. The van der Waals surface area contributed by atoms with Crippen molar-refractivity contribution in [3.05, 3.63) is 69.2 Å². The van der Waals surface area contributed by atoms with Crippen molar-refractivity contribution in [1.29, 1.82) is 0 Å². The van der Waals surface area contributed by atoms with Gasteiger partial charge in [-0.1, -0.05) is 18.2 Å². The first kappa shape index (κ1) is 14.7. The molecule has 2 aromatic carbocycles. The molecule has 1 unspecified atom stereocenters. The molecule has 0 aromatic heterocycles. The number of ether oxygens (including phenoxy) is 1. The number of benzene rings is 2. The molecule has 120 valence electrons. The summed E-state index contributed by atoms with van der Waals surface area (Å²) in [6.07, 6.45) is 3.96. The maximum Gasteiger partial charge on any atom is 0.336 e. The van der Waals surface area contributed by atoms with Gasteiger partial charge in [-0.25, -0.2) is 9.79 Å². The van der Waals surface area contributed by atoms with Crippen LogP contribution in [0.25, 0.3) is 11.6 Å². The molecule has 0 radical (unpaired) electrons. The Bertz CT molecular complexity index is 1050. The summed E-state index contributed by atoms with van der Waals surface area (Å²) in [5.41, 5.74) is 2.86. The highest BCUT2D eigenvalue weighted by molar-refractivity contribution is 5.91. The molecule has 0 saturated carbocycles. The standard InChI is InChI=1S/C20H17NO3/c1-11-10-15-18(12(2)17(11)19(22)23)13(3)20(21-15)9-8-14-6-4-5-7-16(14)24-20/h4-10H,1-3H3,(H,22,23). The Hall–Kier alpha value is -2.88. The summed E-state index contributed by atoms with van der Waals surface area (Å²) < 4.78 is 6.23. The predicted molar refractivity (Wildman–Crippen MR) is 91.6 cm³/mol. The number of carboxylic acids is 1. The van der Waals surface area contributed by atoms with Crippen molar-refractivity contribution in [2.45, 2.75) is 26.5 Å². The summed E-state index contributed by atoms with van der Waals surface area (Å²) in [6.45, 7) is 5.61. The van der Waals surface area contributed by atoms with Gasteiger partial charge in [0.15, 0.2) is 0 Å². The Balaban J connectivity index is 2.00. The maximum absolute atomic E-state index is 11.6. The zero-order valence-electron chi connectivity index (χ0n) is 13.8. The van der Waals surface area contributed by atoms with Gasteiger partial charge in [0.1, 0.15) is 5.75 Å². The number of para-hydroxylation sites is 1. The van der Waals surface area contributed by atoms with Crippen LogP contribution in [0.3, 0.4) is 0 Å². The van der Waals surface area contributed by atoms with E-state index in [1.165, 1.54) is 0 Å². The second-order valence-corrected chi connectivity index (χ2v) is 6.30.